The van der Waals surface area contributed by atoms with Crippen LogP contribution in [0.3, 0.4) is 0 Å². The maximum absolute atomic E-state index is 13.0. The number of carbonyl (C=O) groups is 1. The molecule has 0 atom stereocenters. The average molecular weight is 478 g/mol. The van der Waals surface area contributed by atoms with E-state index in [1.807, 2.05) is 36.4 Å². The van der Waals surface area contributed by atoms with Crippen LogP contribution in [-0.2, 0) is 24.3 Å². The van der Waals surface area contributed by atoms with Crippen molar-refractivity contribution < 1.29 is 9.53 Å². The Hall–Kier alpha value is -3.84. The van der Waals surface area contributed by atoms with Crippen LogP contribution in [0.25, 0.3) is 11.0 Å². The zero-order valence-electron chi connectivity index (χ0n) is 18.7. The Morgan fingerprint density at radius 1 is 0.882 bits per heavy atom. The number of nitrogens with one attached hydrogen (secondary N) is 1. The highest BCUT2D eigenvalue weighted by molar-refractivity contribution is 6.30. The molecule has 4 aromatic rings. The first-order valence-electron chi connectivity index (χ1n) is 10.8. The number of hydrogen-bond donors (Lipinski definition) is 1. The molecule has 3 aromatic carbocycles. The van der Waals surface area contributed by atoms with Crippen molar-refractivity contribution in [2.24, 2.45) is 0 Å². The molecule has 0 aliphatic rings. The lowest BCUT2D eigenvalue weighted by molar-refractivity contribution is -0.121. The summed E-state index contributed by atoms with van der Waals surface area (Å²) in [6.07, 6.45) is 0.577. The fraction of sp³-hybridized carbons (Fsp3) is 0.192. The summed E-state index contributed by atoms with van der Waals surface area (Å²) < 4.78 is 7.99. The fourth-order valence-electron chi connectivity index (χ4n) is 3.90. The molecule has 0 aliphatic carbocycles. The highest BCUT2D eigenvalue weighted by atomic mass is 35.5. The van der Waals surface area contributed by atoms with Crippen LogP contribution in [0.2, 0.25) is 5.02 Å². The molecular weight excluding hydrogens is 454 g/mol. The Labute approximate surface area is 201 Å². The zero-order chi connectivity index (χ0) is 24.1. The van der Waals surface area contributed by atoms with Gasteiger partial charge in [0.25, 0.3) is 0 Å². The lowest BCUT2D eigenvalue weighted by Gasteiger charge is -2.15. The summed E-state index contributed by atoms with van der Waals surface area (Å²) >= 11 is 5.96. The van der Waals surface area contributed by atoms with E-state index in [1.165, 1.54) is 9.13 Å². The number of methoxy groups -OCH3 is 1. The Morgan fingerprint density at radius 2 is 1.50 bits per heavy atom. The molecule has 1 heterocycles. The number of ether oxygens (including phenoxy) is 1. The first-order valence-corrected chi connectivity index (χ1v) is 11.2. The number of fused-ring (bicyclic) bond motifs is 1. The van der Waals surface area contributed by atoms with Crippen molar-refractivity contribution in [3.05, 3.63) is 110 Å². The second-order valence-corrected chi connectivity index (χ2v) is 8.25. The zero-order valence-corrected chi connectivity index (χ0v) is 19.4. The Bertz CT molecular complexity index is 1440. The molecule has 8 heteroatoms. The lowest BCUT2D eigenvalue weighted by Crippen LogP contribution is -2.44. The molecule has 1 amide bonds. The average Bonchev–Trinajstić information content (AvgIpc) is 2.86. The second-order valence-electron chi connectivity index (χ2n) is 7.81. The number of hydrogen-bond acceptors (Lipinski definition) is 4. The summed E-state index contributed by atoms with van der Waals surface area (Å²) in [5, 5.41) is 3.42. The van der Waals surface area contributed by atoms with Gasteiger partial charge in [-0.3, -0.25) is 23.5 Å². The molecule has 0 bridgehead atoms. The molecular formula is C26H24ClN3O4. The van der Waals surface area contributed by atoms with Gasteiger partial charge in [-0.25, -0.2) is 0 Å². The first-order chi connectivity index (χ1) is 16.5. The topological polar surface area (TPSA) is 82.3 Å². The number of benzene rings is 3. The molecule has 0 spiro atoms. The van der Waals surface area contributed by atoms with Crippen molar-refractivity contribution in [2.45, 2.75) is 19.5 Å². The van der Waals surface area contributed by atoms with Gasteiger partial charge in [0.15, 0.2) is 0 Å². The molecule has 0 saturated heterocycles. The monoisotopic (exact) mass is 477 g/mol. The molecule has 4 rings (SSSR count). The number of aromatic nitrogens is 2. The van der Waals surface area contributed by atoms with Gasteiger partial charge in [0.1, 0.15) is 12.3 Å². The Balaban J connectivity index is 1.56. The maximum atomic E-state index is 13.0. The number of halogens is 1. The van der Waals surface area contributed by atoms with Gasteiger partial charge in [0.2, 0.25) is 5.91 Å². The molecule has 0 fully saturated rings. The van der Waals surface area contributed by atoms with E-state index in [-0.39, 0.29) is 19.0 Å². The molecule has 1 N–H and O–H groups in total. The number of para-hydroxylation sites is 3. The van der Waals surface area contributed by atoms with Crippen LogP contribution in [0.4, 0.5) is 0 Å². The maximum Gasteiger partial charge on any atom is 0.317 e. The van der Waals surface area contributed by atoms with Crippen LogP contribution in [0.1, 0.15) is 11.1 Å². The molecule has 0 saturated carbocycles. The van der Waals surface area contributed by atoms with E-state index in [2.05, 4.69) is 5.32 Å². The van der Waals surface area contributed by atoms with Gasteiger partial charge in [-0.2, -0.15) is 0 Å². The van der Waals surface area contributed by atoms with Gasteiger partial charge in [0.05, 0.1) is 24.7 Å². The van der Waals surface area contributed by atoms with Gasteiger partial charge in [-0.1, -0.05) is 54.1 Å². The van der Waals surface area contributed by atoms with E-state index >= 15 is 0 Å². The minimum atomic E-state index is -0.743. The summed E-state index contributed by atoms with van der Waals surface area (Å²) in [5.41, 5.74) is 1.47. The SMILES string of the molecule is COc1ccccc1CCNC(=O)Cn1c(=O)c(=O)n(Cc2ccc(Cl)cc2)c2ccccc21. The molecule has 0 aliphatic heterocycles. The van der Waals surface area contributed by atoms with E-state index in [9.17, 15) is 14.4 Å². The minimum Gasteiger partial charge on any atom is -0.496 e. The fourth-order valence-corrected chi connectivity index (χ4v) is 4.03. The van der Waals surface area contributed by atoms with E-state index in [0.29, 0.717) is 29.0 Å². The number of rotatable bonds is 8. The highest BCUT2D eigenvalue weighted by Gasteiger charge is 2.15. The smallest absolute Gasteiger partial charge is 0.317 e. The second kappa shape index (κ2) is 10.4. The van der Waals surface area contributed by atoms with E-state index in [1.54, 1.807) is 43.5 Å². The summed E-state index contributed by atoms with van der Waals surface area (Å²) in [6.45, 7) is 0.347. The molecule has 1 aromatic heterocycles. The molecule has 0 unspecified atom stereocenters. The summed E-state index contributed by atoms with van der Waals surface area (Å²) in [4.78, 5) is 38.6. The van der Waals surface area contributed by atoms with Crippen LogP contribution in [0, 0.1) is 0 Å². The lowest BCUT2D eigenvalue weighted by atomic mass is 10.1. The quantitative estimate of drug-likeness (QED) is 0.395. The highest BCUT2D eigenvalue weighted by Crippen LogP contribution is 2.17. The molecule has 0 radical (unpaired) electrons. The third-order valence-corrected chi connectivity index (χ3v) is 5.85. The third kappa shape index (κ3) is 5.05. The van der Waals surface area contributed by atoms with Crippen molar-refractivity contribution in [1.82, 2.24) is 14.5 Å². The van der Waals surface area contributed by atoms with Gasteiger partial charge >= 0.3 is 11.1 Å². The predicted octanol–water partition coefficient (Wildman–Crippen LogP) is 3.23. The van der Waals surface area contributed by atoms with Crippen LogP contribution in [-0.4, -0.2) is 28.7 Å². The normalized spacial score (nSPS) is 10.9. The first kappa shape index (κ1) is 23.3. The molecule has 7 nitrogen and oxygen atoms in total. The van der Waals surface area contributed by atoms with Crippen molar-refractivity contribution in [3.8, 4) is 5.75 Å². The standard InChI is InChI=1S/C26H24ClN3O4/c1-34-23-9-5-2-6-19(23)14-15-28-24(31)17-30-22-8-4-3-7-21(22)29(25(32)26(30)33)16-18-10-12-20(27)13-11-18/h2-13H,14-17H2,1H3,(H,28,31). The van der Waals surface area contributed by atoms with Gasteiger partial charge in [-0.05, 0) is 47.9 Å². The van der Waals surface area contributed by atoms with Crippen LogP contribution in [0.5, 0.6) is 5.75 Å². The summed E-state index contributed by atoms with van der Waals surface area (Å²) in [5.74, 6) is 0.403. The Kier molecular flexibility index (Phi) is 7.13. The number of carbonyl (C=O) groups excluding carboxylic acids is 1. The van der Waals surface area contributed by atoms with Crippen molar-refractivity contribution in [3.63, 3.8) is 0 Å². The third-order valence-electron chi connectivity index (χ3n) is 5.60. The molecule has 174 valence electrons. The predicted molar refractivity (Wildman–Crippen MR) is 133 cm³/mol. The van der Waals surface area contributed by atoms with Crippen LogP contribution >= 0.6 is 11.6 Å². The van der Waals surface area contributed by atoms with Gasteiger partial charge < -0.3 is 10.1 Å². The van der Waals surface area contributed by atoms with E-state index < -0.39 is 11.1 Å². The number of amides is 1. The molecule has 34 heavy (non-hydrogen) atoms. The number of nitrogens with zero attached hydrogens (tertiary/aromatic N) is 2. The van der Waals surface area contributed by atoms with Gasteiger partial charge in [0, 0.05) is 11.6 Å². The van der Waals surface area contributed by atoms with Crippen molar-refractivity contribution in [1.29, 1.82) is 0 Å². The van der Waals surface area contributed by atoms with Crippen molar-refractivity contribution in [2.75, 3.05) is 13.7 Å². The van der Waals surface area contributed by atoms with E-state index in [4.69, 9.17) is 16.3 Å². The van der Waals surface area contributed by atoms with E-state index in [0.717, 1.165) is 16.9 Å². The Morgan fingerprint density at radius 3 is 2.21 bits per heavy atom. The van der Waals surface area contributed by atoms with Gasteiger partial charge in [-0.15, -0.1) is 0 Å². The largest absolute Gasteiger partial charge is 0.496 e. The van der Waals surface area contributed by atoms with Crippen LogP contribution < -0.4 is 21.2 Å². The summed E-state index contributed by atoms with van der Waals surface area (Å²) in [7, 11) is 1.60. The van der Waals surface area contributed by atoms with Crippen molar-refractivity contribution >= 4 is 28.5 Å². The summed E-state index contributed by atoms with van der Waals surface area (Å²) in [6, 6.07) is 21.7. The minimum absolute atomic E-state index is 0.220. The van der Waals surface area contributed by atoms with Crippen LogP contribution in [0.15, 0.2) is 82.4 Å².